The first-order chi connectivity index (χ1) is 16.6. The summed E-state index contributed by atoms with van der Waals surface area (Å²) in [5.74, 6) is -0.372. The van der Waals surface area contributed by atoms with Gasteiger partial charge in [0, 0.05) is 19.2 Å². The summed E-state index contributed by atoms with van der Waals surface area (Å²) < 4.78 is 50.4. The van der Waals surface area contributed by atoms with Crippen LogP contribution < -0.4 is 14.2 Å². The van der Waals surface area contributed by atoms with E-state index in [1.54, 1.807) is 17.0 Å². The van der Waals surface area contributed by atoms with Gasteiger partial charge in [-0.1, -0.05) is 12.1 Å². The number of amides is 1. The first kappa shape index (κ1) is 24.8. The second-order valence-electron chi connectivity index (χ2n) is 8.50. The van der Waals surface area contributed by atoms with E-state index in [4.69, 9.17) is 18.9 Å². The van der Waals surface area contributed by atoms with Crippen molar-refractivity contribution in [3.63, 3.8) is 0 Å². The smallest absolute Gasteiger partial charge is 0.341 e. The van der Waals surface area contributed by atoms with E-state index >= 15 is 0 Å². The number of carbonyl (C=O) groups is 2. The predicted molar refractivity (Wildman–Crippen MR) is 126 cm³/mol. The van der Waals surface area contributed by atoms with E-state index in [1.807, 2.05) is 13.8 Å². The molecule has 2 aliphatic heterocycles. The third-order valence-electron chi connectivity index (χ3n) is 5.58. The summed E-state index contributed by atoms with van der Waals surface area (Å²) in [6, 6.07) is 10.3. The second kappa shape index (κ2) is 10.1. The molecule has 0 aromatic heterocycles. The van der Waals surface area contributed by atoms with E-state index in [0.29, 0.717) is 37.8 Å². The lowest BCUT2D eigenvalue weighted by molar-refractivity contribution is -0.151. The molecule has 4 rings (SSSR count). The van der Waals surface area contributed by atoms with Crippen LogP contribution in [0.3, 0.4) is 0 Å². The molecule has 2 heterocycles. The SMILES string of the molecule is C[C@@H]1CN(C(=O)[C@@H](C)OC(=O)c2ccccc2NS(=O)(=O)c2ccc3c(c2)OCCO3)C[C@H](C)O1. The topological polar surface area (TPSA) is 120 Å². The van der Waals surface area contributed by atoms with Gasteiger partial charge in [0.1, 0.15) is 13.2 Å². The van der Waals surface area contributed by atoms with Crippen LogP contribution in [0, 0.1) is 0 Å². The molecular formula is C24H28N2O8S. The molecule has 1 amide bonds. The van der Waals surface area contributed by atoms with Crippen LogP contribution in [-0.2, 0) is 24.3 Å². The average molecular weight is 505 g/mol. The maximum Gasteiger partial charge on any atom is 0.341 e. The maximum atomic E-state index is 13.0. The first-order valence-electron chi connectivity index (χ1n) is 11.3. The van der Waals surface area contributed by atoms with E-state index in [-0.39, 0.29) is 34.3 Å². The fourth-order valence-electron chi connectivity index (χ4n) is 4.03. The zero-order valence-electron chi connectivity index (χ0n) is 19.7. The molecule has 10 nitrogen and oxygen atoms in total. The third-order valence-corrected chi connectivity index (χ3v) is 6.94. The molecule has 3 atom stereocenters. The predicted octanol–water partition coefficient (Wildman–Crippen LogP) is 2.44. The van der Waals surface area contributed by atoms with Crippen molar-refractivity contribution in [3.05, 3.63) is 48.0 Å². The lowest BCUT2D eigenvalue weighted by Gasteiger charge is -2.36. The van der Waals surface area contributed by atoms with Crippen LogP contribution in [0.1, 0.15) is 31.1 Å². The minimum atomic E-state index is -4.06. The van der Waals surface area contributed by atoms with Crippen molar-refractivity contribution in [3.8, 4) is 11.5 Å². The van der Waals surface area contributed by atoms with E-state index in [1.165, 1.54) is 37.3 Å². The number of morpholine rings is 1. The number of hydrogen-bond acceptors (Lipinski definition) is 8. The van der Waals surface area contributed by atoms with Gasteiger partial charge in [-0.25, -0.2) is 13.2 Å². The molecule has 188 valence electrons. The van der Waals surface area contributed by atoms with Gasteiger partial charge in [0.2, 0.25) is 0 Å². The Hall–Kier alpha value is -3.31. The van der Waals surface area contributed by atoms with Crippen LogP contribution in [0.25, 0.3) is 0 Å². The van der Waals surface area contributed by atoms with Crippen LogP contribution in [0.2, 0.25) is 0 Å². The number of sulfonamides is 1. The molecular weight excluding hydrogens is 476 g/mol. The summed E-state index contributed by atoms with van der Waals surface area (Å²) in [7, 11) is -4.06. The molecule has 0 aliphatic carbocycles. The molecule has 0 radical (unpaired) electrons. The number of carbonyl (C=O) groups excluding carboxylic acids is 2. The molecule has 35 heavy (non-hydrogen) atoms. The van der Waals surface area contributed by atoms with Crippen molar-refractivity contribution in [1.82, 2.24) is 4.90 Å². The van der Waals surface area contributed by atoms with Crippen LogP contribution in [0.4, 0.5) is 5.69 Å². The van der Waals surface area contributed by atoms with Gasteiger partial charge in [-0.2, -0.15) is 0 Å². The van der Waals surface area contributed by atoms with Gasteiger partial charge in [-0.3, -0.25) is 9.52 Å². The minimum absolute atomic E-state index is 0.0167. The minimum Gasteiger partial charge on any atom is -0.486 e. The van der Waals surface area contributed by atoms with E-state index < -0.39 is 22.1 Å². The van der Waals surface area contributed by atoms with Crippen LogP contribution in [0.15, 0.2) is 47.4 Å². The number of nitrogens with one attached hydrogen (secondary N) is 1. The standard InChI is InChI=1S/C24H28N2O8S/c1-15-13-26(14-16(2)33-15)23(27)17(3)34-24(28)19-6-4-5-7-20(19)25-35(29,30)18-8-9-21-22(12-18)32-11-10-31-21/h4-9,12,15-17,25H,10-11,13-14H2,1-3H3/t15-,16+,17-/m1/s1. The zero-order valence-corrected chi connectivity index (χ0v) is 20.5. The lowest BCUT2D eigenvalue weighted by atomic mass is 10.2. The summed E-state index contributed by atoms with van der Waals surface area (Å²) in [6.45, 7) is 6.74. The molecule has 0 bridgehead atoms. The van der Waals surface area contributed by atoms with Gasteiger partial charge in [0.15, 0.2) is 17.6 Å². The van der Waals surface area contributed by atoms with E-state index in [9.17, 15) is 18.0 Å². The largest absolute Gasteiger partial charge is 0.486 e. The van der Waals surface area contributed by atoms with Gasteiger partial charge in [-0.05, 0) is 45.0 Å². The average Bonchev–Trinajstić information content (AvgIpc) is 2.82. The number of fused-ring (bicyclic) bond motifs is 1. The number of hydrogen-bond donors (Lipinski definition) is 1. The van der Waals surface area contributed by atoms with Gasteiger partial charge >= 0.3 is 5.97 Å². The Balaban J connectivity index is 1.48. The Kier molecular flexibility index (Phi) is 7.18. The van der Waals surface area contributed by atoms with Crippen molar-refractivity contribution in [1.29, 1.82) is 0 Å². The van der Waals surface area contributed by atoms with E-state index in [0.717, 1.165) is 0 Å². The van der Waals surface area contributed by atoms with Crippen molar-refractivity contribution < 1.29 is 37.0 Å². The van der Waals surface area contributed by atoms with Crippen molar-refractivity contribution in [2.75, 3.05) is 31.0 Å². The van der Waals surface area contributed by atoms with Crippen LogP contribution in [-0.4, -0.2) is 69.8 Å². The maximum absolute atomic E-state index is 13.0. The molecule has 1 fully saturated rings. The van der Waals surface area contributed by atoms with Crippen molar-refractivity contribution in [2.24, 2.45) is 0 Å². The summed E-state index contributed by atoms with van der Waals surface area (Å²) in [5.41, 5.74) is 0.0117. The second-order valence-corrected chi connectivity index (χ2v) is 10.2. The molecule has 11 heteroatoms. The lowest BCUT2D eigenvalue weighted by Crippen LogP contribution is -2.51. The Labute approximate surface area is 204 Å². The Morgan fingerprint density at radius 2 is 1.69 bits per heavy atom. The highest BCUT2D eigenvalue weighted by Crippen LogP contribution is 2.33. The molecule has 2 aromatic rings. The number of nitrogens with zero attached hydrogens (tertiary/aromatic N) is 1. The van der Waals surface area contributed by atoms with Crippen molar-refractivity contribution in [2.45, 2.75) is 44.0 Å². The number of anilines is 1. The number of para-hydroxylation sites is 1. The molecule has 0 unspecified atom stereocenters. The highest BCUT2D eigenvalue weighted by Gasteiger charge is 2.31. The Morgan fingerprint density at radius 1 is 1.03 bits per heavy atom. The third kappa shape index (κ3) is 5.68. The fourth-order valence-corrected chi connectivity index (χ4v) is 5.13. The highest BCUT2D eigenvalue weighted by molar-refractivity contribution is 7.92. The van der Waals surface area contributed by atoms with Crippen molar-refractivity contribution >= 4 is 27.6 Å². The van der Waals surface area contributed by atoms with Gasteiger partial charge in [0.25, 0.3) is 15.9 Å². The van der Waals surface area contributed by atoms with Crippen LogP contribution >= 0.6 is 0 Å². The molecule has 1 N–H and O–H groups in total. The van der Waals surface area contributed by atoms with Gasteiger partial charge < -0.3 is 23.8 Å². The molecule has 2 aliphatic rings. The molecule has 2 aromatic carbocycles. The summed E-state index contributed by atoms with van der Waals surface area (Å²) in [5, 5.41) is 0. The zero-order chi connectivity index (χ0) is 25.2. The number of esters is 1. The molecule has 0 spiro atoms. The molecule has 1 saturated heterocycles. The van der Waals surface area contributed by atoms with E-state index in [2.05, 4.69) is 4.72 Å². The summed E-state index contributed by atoms with van der Waals surface area (Å²) >= 11 is 0. The Bertz CT molecular complexity index is 1210. The number of rotatable bonds is 6. The Morgan fingerprint density at radius 3 is 2.40 bits per heavy atom. The number of benzene rings is 2. The van der Waals surface area contributed by atoms with Gasteiger partial charge in [0.05, 0.1) is 28.4 Å². The number of ether oxygens (including phenoxy) is 4. The quantitative estimate of drug-likeness (QED) is 0.596. The highest BCUT2D eigenvalue weighted by atomic mass is 32.2. The normalized spacial score (nSPS) is 20.6. The van der Waals surface area contributed by atoms with Gasteiger partial charge in [-0.15, -0.1) is 0 Å². The fraction of sp³-hybridized carbons (Fsp3) is 0.417. The molecule has 0 saturated carbocycles. The first-order valence-corrected chi connectivity index (χ1v) is 12.8. The summed E-state index contributed by atoms with van der Waals surface area (Å²) in [6.07, 6.45) is -1.30. The monoisotopic (exact) mass is 504 g/mol. The summed E-state index contributed by atoms with van der Waals surface area (Å²) in [4.78, 5) is 27.3. The van der Waals surface area contributed by atoms with Crippen LogP contribution in [0.5, 0.6) is 11.5 Å².